The first-order valence-corrected chi connectivity index (χ1v) is 10.1. The zero-order valence-electron chi connectivity index (χ0n) is 16.5. The first-order valence-electron chi connectivity index (χ1n) is 10.1. The maximum absolute atomic E-state index is 13.0. The van der Waals surface area contributed by atoms with Crippen LogP contribution in [0.2, 0.25) is 0 Å². The summed E-state index contributed by atoms with van der Waals surface area (Å²) in [5.41, 5.74) is 4.48. The standard InChI is InChI=1S/C23H25N3O3/c1-15-14-26(23(29)25-21(15)27)13-7-6-12-24-22(28)20-18-10-4-2-8-16(18)17-9-3-5-11-19(17)20/h2-4,8-10,14,20H,5-7,11-13H2,1H3,(H,24,28)(H,25,27,29). The van der Waals surface area contributed by atoms with Crippen molar-refractivity contribution in [3.63, 3.8) is 0 Å². The van der Waals surface area contributed by atoms with Gasteiger partial charge in [-0.3, -0.25) is 14.6 Å². The Kier molecular flexibility index (Phi) is 5.34. The highest BCUT2D eigenvalue weighted by Gasteiger charge is 2.35. The summed E-state index contributed by atoms with van der Waals surface area (Å²) < 4.78 is 1.51. The maximum atomic E-state index is 13.0. The predicted molar refractivity (Wildman–Crippen MR) is 113 cm³/mol. The lowest BCUT2D eigenvalue weighted by Crippen LogP contribution is -2.32. The summed E-state index contributed by atoms with van der Waals surface area (Å²) in [5, 5.41) is 3.08. The predicted octanol–water partition coefficient (Wildman–Crippen LogP) is 2.64. The van der Waals surface area contributed by atoms with E-state index in [1.165, 1.54) is 21.3 Å². The summed E-state index contributed by atoms with van der Waals surface area (Å²) in [4.78, 5) is 38.5. The normalized spacial score (nSPS) is 17.2. The molecule has 0 aliphatic heterocycles. The van der Waals surface area contributed by atoms with E-state index in [1.54, 1.807) is 13.1 Å². The smallest absolute Gasteiger partial charge is 0.328 e. The van der Waals surface area contributed by atoms with Crippen LogP contribution in [0.3, 0.4) is 0 Å². The van der Waals surface area contributed by atoms with Gasteiger partial charge in [-0.25, -0.2) is 4.79 Å². The van der Waals surface area contributed by atoms with E-state index in [1.807, 2.05) is 12.1 Å². The van der Waals surface area contributed by atoms with Gasteiger partial charge in [0.05, 0.1) is 5.92 Å². The Bertz CT molecular complexity index is 1120. The fourth-order valence-electron chi connectivity index (χ4n) is 4.23. The number of rotatable bonds is 6. The fraction of sp³-hybridized carbons (Fsp3) is 0.348. The lowest BCUT2D eigenvalue weighted by atomic mass is 9.90. The number of carbonyl (C=O) groups is 1. The highest BCUT2D eigenvalue weighted by Crippen LogP contribution is 2.46. The Morgan fingerprint density at radius 3 is 2.93 bits per heavy atom. The number of hydrogen-bond donors (Lipinski definition) is 2. The molecule has 6 heteroatoms. The van der Waals surface area contributed by atoms with Gasteiger partial charge in [0.15, 0.2) is 0 Å². The van der Waals surface area contributed by atoms with Gasteiger partial charge in [-0.1, -0.05) is 36.4 Å². The van der Waals surface area contributed by atoms with E-state index in [0.29, 0.717) is 18.7 Å². The van der Waals surface area contributed by atoms with E-state index < -0.39 is 5.69 Å². The minimum Gasteiger partial charge on any atom is -0.355 e. The van der Waals surface area contributed by atoms with Crippen LogP contribution in [-0.2, 0) is 11.3 Å². The van der Waals surface area contributed by atoms with Crippen LogP contribution in [0, 0.1) is 6.92 Å². The van der Waals surface area contributed by atoms with E-state index in [9.17, 15) is 14.4 Å². The van der Waals surface area contributed by atoms with Gasteiger partial charge in [0, 0.05) is 24.8 Å². The highest BCUT2D eigenvalue weighted by molar-refractivity contribution is 5.98. The third kappa shape index (κ3) is 3.75. The van der Waals surface area contributed by atoms with Crippen LogP contribution in [0.15, 0.2) is 57.8 Å². The molecule has 6 nitrogen and oxygen atoms in total. The van der Waals surface area contributed by atoms with E-state index in [2.05, 4.69) is 34.6 Å². The maximum Gasteiger partial charge on any atom is 0.328 e. The molecule has 1 aromatic heterocycles. The molecular formula is C23H25N3O3. The minimum absolute atomic E-state index is 0.0507. The molecule has 2 N–H and O–H groups in total. The number of allylic oxidation sites excluding steroid dienone is 3. The van der Waals surface area contributed by atoms with Crippen LogP contribution in [0.25, 0.3) is 5.57 Å². The van der Waals surface area contributed by atoms with Crippen molar-refractivity contribution in [1.82, 2.24) is 14.9 Å². The molecule has 4 rings (SSSR count). The second-order valence-electron chi connectivity index (χ2n) is 7.66. The first kappa shape index (κ1) is 19.2. The monoisotopic (exact) mass is 391 g/mol. The molecule has 0 bridgehead atoms. The summed E-state index contributed by atoms with van der Waals surface area (Å²) in [6.45, 7) is 2.75. The molecule has 1 aromatic carbocycles. The molecule has 0 saturated carbocycles. The highest BCUT2D eigenvalue weighted by atomic mass is 16.2. The number of hydrogen-bond acceptors (Lipinski definition) is 3. The molecule has 0 spiro atoms. The number of aromatic amines is 1. The van der Waals surface area contributed by atoms with Crippen molar-refractivity contribution in [2.45, 2.75) is 45.1 Å². The largest absolute Gasteiger partial charge is 0.355 e. The van der Waals surface area contributed by atoms with Crippen molar-refractivity contribution < 1.29 is 4.79 Å². The lowest BCUT2D eigenvalue weighted by Gasteiger charge is -2.18. The molecule has 1 unspecified atom stereocenters. The topological polar surface area (TPSA) is 84.0 Å². The van der Waals surface area contributed by atoms with Gasteiger partial charge in [-0.2, -0.15) is 0 Å². The molecule has 2 aliphatic rings. The van der Waals surface area contributed by atoms with Gasteiger partial charge >= 0.3 is 5.69 Å². The molecule has 1 heterocycles. The van der Waals surface area contributed by atoms with Crippen molar-refractivity contribution in [3.05, 3.63) is 85.7 Å². The molecule has 150 valence electrons. The van der Waals surface area contributed by atoms with Crippen molar-refractivity contribution in [3.8, 4) is 0 Å². The summed E-state index contributed by atoms with van der Waals surface area (Å²) in [7, 11) is 0. The van der Waals surface area contributed by atoms with Crippen molar-refractivity contribution in [1.29, 1.82) is 0 Å². The van der Waals surface area contributed by atoms with Crippen molar-refractivity contribution in [2.24, 2.45) is 0 Å². The van der Waals surface area contributed by atoms with Crippen LogP contribution in [-0.4, -0.2) is 22.0 Å². The lowest BCUT2D eigenvalue weighted by molar-refractivity contribution is -0.121. The number of nitrogens with zero attached hydrogens (tertiary/aromatic N) is 1. The van der Waals surface area contributed by atoms with Gasteiger partial charge in [0.25, 0.3) is 5.56 Å². The Balaban J connectivity index is 1.35. The average Bonchev–Trinajstić information content (AvgIpc) is 3.06. The first-order chi connectivity index (χ1) is 14.1. The summed E-state index contributed by atoms with van der Waals surface area (Å²) in [6, 6.07) is 8.16. The fourth-order valence-corrected chi connectivity index (χ4v) is 4.23. The van der Waals surface area contributed by atoms with Crippen LogP contribution in [0.4, 0.5) is 0 Å². The zero-order valence-corrected chi connectivity index (χ0v) is 16.5. The molecule has 1 amide bonds. The van der Waals surface area contributed by atoms with E-state index in [4.69, 9.17) is 0 Å². The van der Waals surface area contributed by atoms with Gasteiger partial charge in [0.2, 0.25) is 5.91 Å². The van der Waals surface area contributed by atoms with E-state index in [-0.39, 0.29) is 17.4 Å². The molecule has 0 saturated heterocycles. The quantitative estimate of drug-likeness (QED) is 0.743. The van der Waals surface area contributed by atoms with Crippen LogP contribution < -0.4 is 16.6 Å². The molecule has 2 aromatic rings. The van der Waals surface area contributed by atoms with Gasteiger partial charge in [0.1, 0.15) is 0 Å². The Hall–Kier alpha value is -3.15. The summed E-state index contributed by atoms with van der Waals surface area (Å²) in [5.74, 6) is -0.148. The molecular weight excluding hydrogens is 366 g/mol. The number of nitrogens with one attached hydrogen (secondary N) is 2. The summed E-state index contributed by atoms with van der Waals surface area (Å²) >= 11 is 0. The number of aryl methyl sites for hydroxylation is 2. The third-order valence-electron chi connectivity index (χ3n) is 5.70. The number of H-pyrrole nitrogens is 1. The van der Waals surface area contributed by atoms with Gasteiger partial charge < -0.3 is 9.88 Å². The number of aromatic nitrogens is 2. The number of carbonyl (C=O) groups excluding carboxylic acids is 1. The number of benzene rings is 1. The average molecular weight is 391 g/mol. The molecule has 2 aliphatic carbocycles. The minimum atomic E-state index is -0.392. The Labute approximate surface area is 169 Å². The SMILES string of the molecule is Cc1cn(CCCCNC(=O)C2C3=C(C=CCC3)c3ccccc32)c(=O)[nH]c1=O. The van der Waals surface area contributed by atoms with Gasteiger partial charge in [-0.15, -0.1) is 0 Å². The third-order valence-corrected chi connectivity index (χ3v) is 5.70. The Morgan fingerprint density at radius 1 is 1.24 bits per heavy atom. The number of amides is 1. The molecule has 1 atom stereocenters. The molecule has 0 fully saturated rings. The number of fused-ring (bicyclic) bond motifs is 2. The number of unbranched alkanes of at least 4 members (excludes halogenated alkanes) is 1. The summed E-state index contributed by atoms with van der Waals surface area (Å²) in [6.07, 6.45) is 9.31. The zero-order chi connectivity index (χ0) is 20.4. The molecule has 29 heavy (non-hydrogen) atoms. The van der Waals surface area contributed by atoms with Gasteiger partial charge in [-0.05, 0) is 54.9 Å². The second-order valence-corrected chi connectivity index (χ2v) is 7.66. The van der Waals surface area contributed by atoms with Crippen molar-refractivity contribution in [2.75, 3.05) is 6.54 Å². The van der Waals surface area contributed by atoms with E-state index >= 15 is 0 Å². The van der Waals surface area contributed by atoms with Crippen LogP contribution in [0.1, 0.15) is 48.3 Å². The Morgan fingerprint density at radius 2 is 2.07 bits per heavy atom. The van der Waals surface area contributed by atoms with E-state index in [0.717, 1.165) is 31.2 Å². The van der Waals surface area contributed by atoms with Crippen LogP contribution in [0.5, 0.6) is 0 Å². The van der Waals surface area contributed by atoms with Crippen LogP contribution >= 0.6 is 0 Å². The van der Waals surface area contributed by atoms with Crippen molar-refractivity contribution >= 4 is 11.5 Å². The molecule has 0 radical (unpaired) electrons. The second kappa shape index (κ2) is 8.07.